The number of benzene rings is 1. The minimum Gasteiger partial charge on any atom is -0.497 e. The highest BCUT2D eigenvalue weighted by molar-refractivity contribution is 5.96. The highest BCUT2D eigenvalue weighted by Crippen LogP contribution is 2.37. The van der Waals surface area contributed by atoms with Gasteiger partial charge in [0.25, 0.3) is 0 Å². The summed E-state index contributed by atoms with van der Waals surface area (Å²) in [5, 5.41) is 0. The van der Waals surface area contributed by atoms with E-state index in [-0.39, 0.29) is 18.2 Å². The number of fused-ring (bicyclic) bond motifs is 1. The van der Waals surface area contributed by atoms with Gasteiger partial charge in [-0.25, -0.2) is 4.79 Å². The molecule has 1 aromatic rings. The Hall–Kier alpha value is -2.05. The molecule has 0 aromatic heterocycles. The Morgan fingerprint density at radius 1 is 1.32 bits per heavy atom. The van der Waals surface area contributed by atoms with Crippen molar-refractivity contribution in [1.82, 2.24) is 4.90 Å². The number of carbonyl (C=O) groups excluding carboxylic acids is 2. The second kappa shape index (κ2) is 8.36. The standard InChI is InChI=1S/C18H21NO5.ClH/c1-22-14-4-3-12-9-13(15(12)10-14)5-7-19-8-6-16(20)17(11-19)24-18(21)23-2;/h3-4,9-10,17H,5-8,11H2,1-2H3;1H. The summed E-state index contributed by atoms with van der Waals surface area (Å²) in [4.78, 5) is 25.2. The van der Waals surface area contributed by atoms with Gasteiger partial charge in [-0.15, -0.1) is 12.4 Å². The van der Waals surface area contributed by atoms with Gasteiger partial charge < -0.3 is 14.2 Å². The third-order valence-corrected chi connectivity index (χ3v) is 4.50. The number of Topliss-reactive ketones (excluding diaryl/α,β-unsaturated/α-hetero) is 1. The predicted molar refractivity (Wildman–Crippen MR) is 96.1 cm³/mol. The van der Waals surface area contributed by atoms with E-state index in [4.69, 9.17) is 9.47 Å². The molecule has 0 spiro atoms. The number of hydrogen-bond donors (Lipinski definition) is 0. The van der Waals surface area contributed by atoms with Gasteiger partial charge in [0.05, 0.1) is 14.2 Å². The van der Waals surface area contributed by atoms with E-state index >= 15 is 0 Å². The lowest BCUT2D eigenvalue weighted by atomic mass is 9.86. The van der Waals surface area contributed by atoms with Crippen LogP contribution in [0.4, 0.5) is 4.79 Å². The van der Waals surface area contributed by atoms with E-state index in [2.05, 4.69) is 21.8 Å². The number of halogens is 1. The molecule has 7 heteroatoms. The number of piperidine rings is 1. The topological polar surface area (TPSA) is 65.1 Å². The maximum Gasteiger partial charge on any atom is 0.508 e. The fourth-order valence-electron chi connectivity index (χ4n) is 3.07. The number of ketones is 1. The summed E-state index contributed by atoms with van der Waals surface area (Å²) >= 11 is 0. The van der Waals surface area contributed by atoms with E-state index in [1.807, 2.05) is 12.1 Å². The second-order valence-electron chi connectivity index (χ2n) is 5.95. The number of nitrogens with zero attached hydrogens (tertiary/aromatic N) is 1. The molecule has 1 atom stereocenters. The summed E-state index contributed by atoms with van der Waals surface area (Å²) in [5.74, 6) is 0.809. The molecule has 0 amide bonds. The lowest BCUT2D eigenvalue weighted by Crippen LogP contribution is -2.46. The third kappa shape index (κ3) is 4.32. The Morgan fingerprint density at radius 3 is 2.84 bits per heavy atom. The smallest absolute Gasteiger partial charge is 0.497 e. The second-order valence-corrected chi connectivity index (χ2v) is 5.95. The molecule has 1 saturated heterocycles. The zero-order valence-electron chi connectivity index (χ0n) is 14.3. The summed E-state index contributed by atoms with van der Waals surface area (Å²) in [6.07, 6.45) is 1.92. The molecule has 1 aliphatic carbocycles. The molecular formula is C18H22ClNO5. The van der Waals surface area contributed by atoms with Crippen molar-refractivity contribution in [2.45, 2.75) is 18.9 Å². The van der Waals surface area contributed by atoms with Crippen LogP contribution in [0.1, 0.15) is 24.0 Å². The van der Waals surface area contributed by atoms with Crippen molar-refractivity contribution in [2.24, 2.45) is 0 Å². The molecule has 0 saturated carbocycles. The van der Waals surface area contributed by atoms with Crippen LogP contribution < -0.4 is 4.74 Å². The van der Waals surface area contributed by atoms with E-state index < -0.39 is 12.3 Å². The third-order valence-electron chi connectivity index (χ3n) is 4.50. The van der Waals surface area contributed by atoms with Crippen LogP contribution in [0.3, 0.4) is 0 Å². The molecule has 1 aromatic carbocycles. The fraction of sp³-hybridized carbons (Fsp3) is 0.444. The first-order chi connectivity index (χ1) is 11.6. The molecule has 136 valence electrons. The summed E-state index contributed by atoms with van der Waals surface area (Å²) < 4.78 is 14.8. The number of methoxy groups -OCH3 is 2. The van der Waals surface area contributed by atoms with Gasteiger partial charge in [-0.2, -0.15) is 0 Å². The molecule has 1 unspecified atom stereocenters. The van der Waals surface area contributed by atoms with Gasteiger partial charge in [-0.3, -0.25) is 9.69 Å². The first-order valence-corrected chi connectivity index (χ1v) is 7.99. The minimum absolute atomic E-state index is 0. The van der Waals surface area contributed by atoms with Gasteiger partial charge in [0.15, 0.2) is 11.9 Å². The van der Waals surface area contributed by atoms with Gasteiger partial charge in [-0.1, -0.05) is 12.1 Å². The SMILES string of the molecule is COC(=O)OC1CN(CCC2=Cc3ccc(OC)cc32)CCC1=O.Cl. The molecular weight excluding hydrogens is 346 g/mol. The van der Waals surface area contributed by atoms with Crippen LogP contribution in [-0.4, -0.2) is 56.8 Å². The minimum atomic E-state index is -0.807. The molecule has 0 bridgehead atoms. The fourth-order valence-corrected chi connectivity index (χ4v) is 3.07. The molecule has 6 nitrogen and oxygen atoms in total. The van der Waals surface area contributed by atoms with E-state index in [1.54, 1.807) is 7.11 Å². The van der Waals surface area contributed by atoms with E-state index in [0.717, 1.165) is 18.7 Å². The largest absolute Gasteiger partial charge is 0.508 e. The van der Waals surface area contributed by atoms with Crippen LogP contribution in [0.5, 0.6) is 5.75 Å². The Bertz CT molecular complexity index is 688. The van der Waals surface area contributed by atoms with E-state index in [1.165, 1.54) is 23.8 Å². The first-order valence-electron chi connectivity index (χ1n) is 7.99. The highest BCUT2D eigenvalue weighted by Gasteiger charge is 2.30. The van der Waals surface area contributed by atoms with Crippen molar-refractivity contribution < 1.29 is 23.8 Å². The molecule has 0 N–H and O–H groups in total. The van der Waals surface area contributed by atoms with Crippen LogP contribution in [0.2, 0.25) is 0 Å². The predicted octanol–water partition coefficient (Wildman–Crippen LogP) is 2.79. The molecule has 1 heterocycles. The molecule has 1 aliphatic heterocycles. The van der Waals surface area contributed by atoms with Crippen LogP contribution in [0.15, 0.2) is 18.2 Å². The van der Waals surface area contributed by atoms with Crippen molar-refractivity contribution in [3.63, 3.8) is 0 Å². The van der Waals surface area contributed by atoms with Crippen molar-refractivity contribution in [3.8, 4) is 5.75 Å². The van der Waals surface area contributed by atoms with Gasteiger partial charge in [0.2, 0.25) is 0 Å². The molecule has 25 heavy (non-hydrogen) atoms. The summed E-state index contributed by atoms with van der Waals surface area (Å²) in [6.45, 7) is 1.93. The Labute approximate surface area is 153 Å². The van der Waals surface area contributed by atoms with Crippen molar-refractivity contribution in [2.75, 3.05) is 33.9 Å². The normalized spacial score (nSPS) is 19.0. The summed E-state index contributed by atoms with van der Waals surface area (Å²) in [6, 6.07) is 6.06. The van der Waals surface area contributed by atoms with E-state index in [0.29, 0.717) is 19.5 Å². The number of rotatable bonds is 5. The lowest BCUT2D eigenvalue weighted by Gasteiger charge is -2.32. The quantitative estimate of drug-likeness (QED) is 0.746. The van der Waals surface area contributed by atoms with Crippen molar-refractivity contribution in [3.05, 3.63) is 29.3 Å². The van der Waals surface area contributed by atoms with Crippen LogP contribution >= 0.6 is 12.4 Å². The van der Waals surface area contributed by atoms with Crippen molar-refractivity contribution in [1.29, 1.82) is 0 Å². The van der Waals surface area contributed by atoms with Crippen LogP contribution in [0.25, 0.3) is 11.6 Å². The molecule has 1 fully saturated rings. The average Bonchev–Trinajstić information content (AvgIpc) is 2.58. The van der Waals surface area contributed by atoms with Crippen LogP contribution in [0, 0.1) is 0 Å². The highest BCUT2D eigenvalue weighted by atomic mass is 35.5. The summed E-state index contributed by atoms with van der Waals surface area (Å²) in [7, 11) is 2.90. The maximum atomic E-state index is 11.8. The maximum absolute atomic E-state index is 11.8. The number of ether oxygens (including phenoxy) is 3. The zero-order valence-corrected chi connectivity index (χ0v) is 15.1. The monoisotopic (exact) mass is 367 g/mol. The van der Waals surface area contributed by atoms with Gasteiger partial charge in [0, 0.05) is 26.1 Å². The van der Waals surface area contributed by atoms with Crippen LogP contribution in [-0.2, 0) is 14.3 Å². The first kappa shape index (κ1) is 19.3. The number of likely N-dealkylation sites (tertiary alicyclic amines) is 1. The molecule has 2 aliphatic rings. The van der Waals surface area contributed by atoms with Gasteiger partial charge >= 0.3 is 6.16 Å². The Kier molecular flexibility index (Phi) is 6.45. The molecule has 0 radical (unpaired) electrons. The Morgan fingerprint density at radius 2 is 2.12 bits per heavy atom. The zero-order chi connectivity index (χ0) is 17.1. The lowest BCUT2D eigenvalue weighted by molar-refractivity contribution is -0.133. The van der Waals surface area contributed by atoms with Crippen molar-refractivity contribution >= 4 is 36.0 Å². The molecule has 3 rings (SSSR count). The van der Waals surface area contributed by atoms with Gasteiger partial charge in [0.1, 0.15) is 5.75 Å². The number of hydrogen-bond acceptors (Lipinski definition) is 6. The number of carbonyl (C=O) groups is 2. The van der Waals surface area contributed by atoms with Gasteiger partial charge in [-0.05, 0) is 35.3 Å². The Balaban J connectivity index is 0.00000225. The average molecular weight is 368 g/mol. The van der Waals surface area contributed by atoms with E-state index in [9.17, 15) is 9.59 Å². The summed E-state index contributed by atoms with van der Waals surface area (Å²) in [5.41, 5.74) is 3.74.